The lowest BCUT2D eigenvalue weighted by molar-refractivity contribution is 0.0373. The first-order chi connectivity index (χ1) is 38.6. The third-order valence-electron chi connectivity index (χ3n) is 10.6. The molecule has 0 saturated heterocycles. The summed E-state index contributed by atoms with van der Waals surface area (Å²) in [5.41, 5.74) is -5.96. The molecule has 7 rings (SSSR count). The van der Waals surface area contributed by atoms with E-state index in [2.05, 4.69) is 31.9 Å². The maximum absolute atomic E-state index is 14.1. The van der Waals surface area contributed by atoms with E-state index in [1.807, 2.05) is 0 Å². The summed E-state index contributed by atoms with van der Waals surface area (Å²) in [5, 5.41) is 20.2. The Kier molecular flexibility index (Phi) is 18.1. The van der Waals surface area contributed by atoms with Crippen molar-refractivity contribution in [2.45, 2.75) is 19.6 Å². The van der Waals surface area contributed by atoms with Crippen LogP contribution in [0.4, 0.5) is 0 Å². The predicted molar refractivity (Wildman–Crippen MR) is 283 cm³/mol. The Morgan fingerprint density at radius 3 is 0.964 bits per heavy atom. The molecule has 34 heteroatoms. The second kappa shape index (κ2) is 24.2. The maximum atomic E-state index is 14.1. The average molecular weight is 1370 g/mol. The number of benzene rings is 7. The van der Waals surface area contributed by atoms with Gasteiger partial charge in [0, 0.05) is 14.0 Å². The van der Waals surface area contributed by atoms with Crippen LogP contribution in [0.15, 0.2) is 156 Å². The number of aromatic hydroxyl groups is 2. The summed E-state index contributed by atoms with van der Waals surface area (Å²) in [6.07, 6.45) is 0. The summed E-state index contributed by atoms with van der Waals surface area (Å²) in [6.45, 7) is 0. The molecule has 0 radical (unpaired) electrons. The van der Waals surface area contributed by atoms with E-state index >= 15 is 0 Å². The number of carbonyl (C=O) groups is 7. The quantitative estimate of drug-likeness (QED) is 0.0233. The lowest BCUT2D eigenvalue weighted by Crippen LogP contribution is -2.19. The molecule has 0 fully saturated rings. The summed E-state index contributed by atoms with van der Waals surface area (Å²) in [4.78, 5) is 91.6. The third kappa shape index (κ3) is 15.0. The lowest BCUT2D eigenvalue weighted by atomic mass is 10.1. The first-order valence-electron chi connectivity index (χ1n) is 21.7. The highest BCUT2D eigenvalue weighted by atomic mass is 79.9. The van der Waals surface area contributed by atoms with Crippen molar-refractivity contribution in [3.63, 3.8) is 0 Å². The van der Waals surface area contributed by atoms with Gasteiger partial charge in [-0.25, -0.2) is 33.6 Å². The van der Waals surface area contributed by atoms with Crippen LogP contribution in [0.1, 0.15) is 72.5 Å². The Morgan fingerprint density at radius 2 is 0.602 bits per heavy atom. The van der Waals surface area contributed by atoms with Gasteiger partial charge < -0.3 is 38.6 Å². The minimum absolute atomic E-state index is 0.0770. The number of ether oxygens (including phenoxy) is 6. The van der Waals surface area contributed by atoms with Crippen molar-refractivity contribution in [1.82, 2.24) is 0 Å². The summed E-state index contributed by atoms with van der Waals surface area (Å²) in [6, 6.07) is 16.7. The van der Waals surface area contributed by atoms with Crippen molar-refractivity contribution >= 4 is 126 Å². The van der Waals surface area contributed by atoms with E-state index in [9.17, 15) is 95.7 Å². The van der Waals surface area contributed by atoms with Gasteiger partial charge in [0.25, 0.3) is 40.5 Å². The minimum atomic E-state index is -5.20. The fraction of sp³-hybridized carbons (Fsp3) is 0. The number of hydrogen-bond acceptors (Lipinski definition) is 23. The largest absolute Gasteiger partial charge is 0.507 e. The van der Waals surface area contributed by atoms with Crippen molar-refractivity contribution in [3.8, 4) is 40.2 Å². The van der Waals surface area contributed by atoms with Crippen LogP contribution in [-0.4, -0.2) is 104 Å². The fourth-order valence-corrected chi connectivity index (χ4v) is 9.66. The van der Waals surface area contributed by atoms with Gasteiger partial charge in [-0.15, -0.1) is 0 Å². The molecule has 6 N–H and O–H groups in total. The first kappa shape index (κ1) is 62.1. The molecule has 0 aromatic heterocycles. The molecule has 27 nitrogen and oxygen atoms in total. The molecular weight excluding hydrogens is 1340 g/mol. The van der Waals surface area contributed by atoms with E-state index in [4.69, 9.17) is 40.0 Å². The zero-order valence-corrected chi connectivity index (χ0v) is 47.3. The number of phenolic OH excluding ortho intramolecular Hbond substituents is 2. The van der Waals surface area contributed by atoms with Gasteiger partial charge in [0.1, 0.15) is 79.2 Å². The van der Waals surface area contributed by atoms with Crippen LogP contribution in [0.5, 0.6) is 40.2 Å². The summed E-state index contributed by atoms with van der Waals surface area (Å²) in [7, 11) is -20.2. The molecule has 0 aliphatic heterocycles. The Bertz CT molecular complexity index is 4430. The van der Waals surface area contributed by atoms with Crippen molar-refractivity contribution < 1.29 is 124 Å². The summed E-state index contributed by atoms with van der Waals surface area (Å²) >= 11 is 12.4. The monoisotopic (exact) mass is 1370 g/mol. The van der Waals surface area contributed by atoms with Crippen molar-refractivity contribution in [2.75, 3.05) is 0 Å². The van der Waals surface area contributed by atoms with Crippen molar-refractivity contribution in [2.24, 2.45) is 0 Å². The minimum Gasteiger partial charge on any atom is -0.507 e. The summed E-state index contributed by atoms with van der Waals surface area (Å²) < 4.78 is 166. The smallest absolute Gasteiger partial charge is 0.349 e. The Balaban J connectivity index is 1.18. The van der Waals surface area contributed by atoms with Gasteiger partial charge in [-0.3, -0.25) is 18.2 Å². The molecule has 430 valence electrons. The number of phenols is 2. The highest BCUT2D eigenvalue weighted by Gasteiger charge is 2.31. The molecule has 0 amide bonds. The van der Waals surface area contributed by atoms with E-state index in [0.717, 1.165) is 72.8 Å². The van der Waals surface area contributed by atoms with Gasteiger partial charge in [0.05, 0.1) is 19.6 Å². The van der Waals surface area contributed by atoms with Crippen LogP contribution in [0.3, 0.4) is 0 Å². The van der Waals surface area contributed by atoms with E-state index in [0.29, 0.717) is 42.5 Å². The Morgan fingerprint density at radius 1 is 0.337 bits per heavy atom. The van der Waals surface area contributed by atoms with E-state index in [1.165, 1.54) is 12.1 Å². The normalized spacial score (nSPS) is 11.7. The Labute approximate surface area is 486 Å². The van der Waals surface area contributed by atoms with Crippen LogP contribution < -0.4 is 18.9 Å². The van der Waals surface area contributed by atoms with Gasteiger partial charge in [-0.1, -0.05) is 43.5 Å². The van der Waals surface area contributed by atoms with Gasteiger partial charge in [0.2, 0.25) is 0 Å². The summed E-state index contributed by atoms with van der Waals surface area (Å²) in [5.74, 6) is -16.9. The Hall–Kier alpha value is -8.48. The van der Waals surface area contributed by atoms with Crippen LogP contribution in [0.2, 0.25) is 5.02 Å². The molecule has 0 heterocycles. The highest BCUT2D eigenvalue weighted by molar-refractivity contribution is 9.10. The number of halogens is 3. The number of rotatable bonds is 16. The molecule has 7 aromatic carbocycles. The first-order valence-corrected chi connectivity index (χ1v) is 29.4. The van der Waals surface area contributed by atoms with Gasteiger partial charge in [-0.2, -0.15) is 33.7 Å². The van der Waals surface area contributed by atoms with Crippen molar-refractivity contribution in [1.29, 1.82) is 0 Å². The highest BCUT2D eigenvalue weighted by Crippen LogP contribution is 2.36. The zero-order chi connectivity index (χ0) is 61.3. The van der Waals surface area contributed by atoms with Gasteiger partial charge in [0.15, 0.2) is 0 Å². The van der Waals surface area contributed by atoms with Gasteiger partial charge >= 0.3 is 41.8 Å². The third-order valence-corrected chi connectivity index (χ3v) is 15.2. The topological polar surface area (TPSA) is 433 Å². The van der Waals surface area contributed by atoms with Crippen LogP contribution >= 0.6 is 43.5 Å². The van der Waals surface area contributed by atoms with Crippen LogP contribution in [-0.2, 0) is 49.9 Å². The van der Waals surface area contributed by atoms with Crippen molar-refractivity contribution in [3.05, 3.63) is 180 Å². The van der Waals surface area contributed by atoms with Crippen LogP contribution in [0, 0.1) is 0 Å². The molecule has 0 aliphatic carbocycles. The fourth-order valence-electron chi connectivity index (χ4n) is 6.74. The number of hydrogen-bond donors (Lipinski definition) is 6. The van der Waals surface area contributed by atoms with E-state index in [-0.39, 0.29) is 14.0 Å². The maximum Gasteiger partial charge on any atom is 0.349 e. The molecule has 0 bridgehead atoms. The molecule has 0 unspecified atom stereocenters. The molecular formula is C49H27Br2ClO27S4. The molecule has 0 saturated carbocycles. The molecule has 0 aliphatic rings. The SMILES string of the molecule is O=C(Oc1ccc(Br)cc1C(=O)OC(=O)c1cc(S(=O)(=O)O)ccc1OC(=O)c1cc(Cl)ccc1Oc1ccc(S(=O)(=O)O)cc1C(=O)OC(=O)c1cc(Br)ccc1OC(=O)c1cc(S(=O)(=O)O)ccc1O)c1cc(S(=O)(=O)O)ccc1O. The second-order valence-electron chi connectivity index (χ2n) is 16.1. The second-order valence-corrected chi connectivity index (χ2v) is 24.1. The average Bonchev–Trinajstić information content (AvgIpc) is 3.61. The standard InChI is InChI=1S/C49H27Br2ClO27S4/c50-22-1-10-40(75-43(55)29-18-25(80(62,63)64)4-8-36(29)53)31(15-22)46(58)78-48(60)34-20-27(82(68,69)70)6-13-39(34)74-38-12-3-24(52)17-33(38)45(57)77-42-14-7-28(83(71,72)73)21-35(42)49(61)79-47(59)32-16-23(51)2-11-41(32)76-44(56)30-19-26(81(65,66)67)5-9-37(30)54/h1-21,53-54H,(H,62,63,64)(H,65,66,67)(H,68,69,70)(H,71,72,73). The predicted octanol–water partition coefficient (Wildman–Crippen LogP) is 7.71. The van der Waals surface area contributed by atoms with Gasteiger partial charge in [-0.05, 0) is 127 Å². The molecule has 0 spiro atoms. The number of esters is 7. The lowest BCUT2D eigenvalue weighted by Gasteiger charge is -2.16. The zero-order valence-electron chi connectivity index (χ0n) is 40.1. The van der Waals surface area contributed by atoms with E-state index < -0.39 is 181 Å². The molecule has 83 heavy (non-hydrogen) atoms. The van der Waals surface area contributed by atoms with E-state index in [1.54, 1.807) is 0 Å². The molecule has 0 atom stereocenters. The van der Waals surface area contributed by atoms with Crippen LogP contribution in [0.25, 0.3) is 0 Å². The number of carbonyl (C=O) groups excluding carboxylic acids is 7. The molecule has 7 aromatic rings.